The van der Waals surface area contributed by atoms with Gasteiger partial charge < -0.3 is 33.7 Å². The van der Waals surface area contributed by atoms with Gasteiger partial charge in [-0.15, -0.1) is 0 Å². The van der Waals surface area contributed by atoms with Crippen LogP contribution in [0.25, 0.3) is 0 Å². The fourth-order valence-corrected chi connectivity index (χ4v) is 6.63. The van der Waals surface area contributed by atoms with E-state index in [2.05, 4.69) is 4.90 Å². The number of nitrogens with zero attached hydrogens (tertiary/aromatic N) is 3. The maximum Gasteiger partial charge on any atom is 0.225 e. The van der Waals surface area contributed by atoms with Gasteiger partial charge in [0.25, 0.3) is 0 Å². The predicted octanol–water partition coefficient (Wildman–Crippen LogP) is 4.01. The van der Waals surface area contributed by atoms with E-state index in [9.17, 15) is 5.11 Å². The van der Waals surface area contributed by atoms with Crippen molar-refractivity contribution in [3.05, 3.63) is 101 Å². The van der Waals surface area contributed by atoms with Gasteiger partial charge in [-0.3, -0.25) is 0 Å². The molecule has 0 radical (unpaired) electrons. The molecule has 9 heteroatoms. The molecule has 1 fully saturated rings. The molecule has 0 bridgehead atoms. The standard InChI is InChI=1S/C32H31N3O6/c1-37-22-11-9-21(10-12-22)32-27(20-7-5-4-6-8-20)24-19-33-30(35-13-15-40-16-14-35)34-29(24)31(32,36)28-25(39-3)17-23(38-2)18-26(28)41-32/h4-12,17-19,27,36H,13-16H2,1-3H3/t27?,31-,32-/m0/s1. The third-order valence-corrected chi connectivity index (χ3v) is 8.48. The molecule has 1 saturated heterocycles. The molecule has 3 heterocycles. The van der Waals surface area contributed by atoms with Crippen molar-refractivity contribution in [2.75, 3.05) is 52.5 Å². The molecule has 210 valence electrons. The number of anilines is 1. The largest absolute Gasteiger partial charge is 0.497 e. The Kier molecular flexibility index (Phi) is 6.02. The number of ether oxygens (including phenoxy) is 5. The van der Waals surface area contributed by atoms with Gasteiger partial charge in [0.2, 0.25) is 5.95 Å². The van der Waals surface area contributed by atoms with Gasteiger partial charge in [-0.25, -0.2) is 9.97 Å². The summed E-state index contributed by atoms with van der Waals surface area (Å²) in [6, 6.07) is 21.3. The SMILES string of the molecule is COc1ccc([C@@]23Oc4cc(OC)cc(OC)c4[C@]2(O)c2nc(N4CCOCC4)ncc2C3c2ccccc2)cc1. The molecule has 0 spiro atoms. The lowest BCUT2D eigenvalue weighted by Gasteiger charge is -2.40. The van der Waals surface area contributed by atoms with Crippen LogP contribution in [-0.2, 0) is 15.9 Å². The summed E-state index contributed by atoms with van der Waals surface area (Å²) in [6.45, 7) is 2.51. The number of methoxy groups -OCH3 is 3. The minimum Gasteiger partial charge on any atom is -0.497 e. The van der Waals surface area contributed by atoms with Gasteiger partial charge in [-0.2, -0.15) is 0 Å². The number of hydrogen-bond donors (Lipinski definition) is 1. The molecule has 4 aromatic rings. The third kappa shape index (κ3) is 3.55. The summed E-state index contributed by atoms with van der Waals surface area (Å²) >= 11 is 0. The first-order valence-corrected chi connectivity index (χ1v) is 13.6. The van der Waals surface area contributed by atoms with E-state index in [4.69, 9.17) is 33.7 Å². The summed E-state index contributed by atoms with van der Waals surface area (Å²) in [5, 5.41) is 13.4. The average Bonchev–Trinajstić information content (AvgIpc) is 3.43. The van der Waals surface area contributed by atoms with Gasteiger partial charge in [0.1, 0.15) is 23.0 Å². The average molecular weight is 554 g/mol. The van der Waals surface area contributed by atoms with Crippen LogP contribution in [0.2, 0.25) is 0 Å². The first-order valence-electron chi connectivity index (χ1n) is 13.6. The lowest BCUT2D eigenvalue weighted by atomic mass is 9.70. The molecule has 1 aliphatic carbocycles. The monoisotopic (exact) mass is 553 g/mol. The predicted molar refractivity (Wildman–Crippen MR) is 151 cm³/mol. The first kappa shape index (κ1) is 25.6. The van der Waals surface area contributed by atoms with E-state index < -0.39 is 17.1 Å². The maximum atomic E-state index is 13.4. The Morgan fingerprint density at radius 3 is 2.32 bits per heavy atom. The Balaban J connectivity index is 1.56. The molecule has 1 unspecified atom stereocenters. The fraction of sp³-hybridized carbons (Fsp3) is 0.312. The number of aliphatic hydroxyl groups is 1. The van der Waals surface area contributed by atoms with Crippen LogP contribution < -0.4 is 23.8 Å². The summed E-state index contributed by atoms with van der Waals surface area (Å²) in [5.41, 5.74) is 0.413. The summed E-state index contributed by atoms with van der Waals surface area (Å²) < 4.78 is 29.6. The lowest BCUT2D eigenvalue weighted by Crippen LogP contribution is -2.49. The zero-order chi connectivity index (χ0) is 28.2. The molecule has 0 saturated carbocycles. The van der Waals surface area contributed by atoms with E-state index in [-0.39, 0.29) is 0 Å². The Hall–Kier alpha value is -4.34. The van der Waals surface area contributed by atoms with Crippen molar-refractivity contribution < 1.29 is 28.8 Å². The molecule has 3 aromatic carbocycles. The molecule has 1 N–H and O–H groups in total. The van der Waals surface area contributed by atoms with E-state index in [0.29, 0.717) is 66.5 Å². The zero-order valence-electron chi connectivity index (χ0n) is 23.2. The number of morpholine rings is 1. The van der Waals surface area contributed by atoms with Crippen molar-refractivity contribution >= 4 is 5.95 Å². The molecule has 2 aliphatic heterocycles. The van der Waals surface area contributed by atoms with Crippen molar-refractivity contribution in [3.8, 4) is 23.0 Å². The summed E-state index contributed by atoms with van der Waals surface area (Å²) in [5.74, 6) is 2.26. The summed E-state index contributed by atoms with van der Waals surface area (Å²) in [7, 11) is 4.80. The van der Waals surface area contributed by atoms with E-state index in [1.54, 1.807) is 33.5 Å². The molecule has 41 heavy (non-hydrogen) atoms. The number of rotatable bonds is 6. The summed E-state index contributed by atoms with van der Waals surface area (Å²) in [4.78, 5) is 12.0. The van der Waals surface area contributed by atoms with Crippen LogP contribution in [0.3, 0.4) is 0 Å². The second kappa shape index (κ2) is 9.64. The van der Waals surface area contributed by atoms with E-state index in [1.807, 2.05) is 60.8 Å². The molecule has 1 aromatic heterocycles. The minimum atomic E-state index is -1.74. The van der Waals surface area contributed by atoms with Crippen molar-refractivity contribution in [3.63, 3.8) is 0 Å². The van der Waals surface area contributed by atoms with Crippen molar-refractivity contribution in [1.82, 2.24) is 9.97 Å². The number of benzene rings is 3. The Bertz CT molecular complexity index is 1590. The van der Waals surface area contributed by atoms with E-state index >= 15 is 0 Å². The van der Waals surface area contributed by atoms with Crippen LogP contribution >= 0.6 is 0 Å². The van der Waals surface area contributed by atoms with Crippen LogP contribution in [0, 0.1) is 0 Å². The molecule has 3 atom stereocenters. The van der Waals surface area contributed by atoms with Gasteiger partial charge in [-0.05, 0) is 17.7 Å². The van der Waals surface area contributed by atoms with Gasteiger partial charge in [0, 0.05) is 42.5 Å². The van der Waals surface area contributed by atoms with E-state index in [1.165, 1.54) is 0 Å². The Labute approximate surface area is 238 Å². The highest BCUT2D eigenvalue weighted by atomic mass is 16.5. The van der Waals surface area contributed by atoms with Crippen LogP contribution in [0.15, 0.2) is 72.9 Å². The van der Waals surface area contributed by atoms with Crippen LogP contribution in [-0.4, -0.2) is 62.7 Å². The van der Waals surface area contributed by atoms with Gasteiger partial charge in [0.15, 0.2) is 11.2 Å². The van der Waals surface area contributed by atoms with Crippen molar-refractivity contribution in [2.24, 2.45) is 0 Å². The highest BCUT2D eigenvalue weighted by Gasteiger charge is 2.73. The molecule has 0 amide bonds. The highest BCUT2D eigenvalue weighted by molar-refractivity contribution is 5.69. The topological polar surface area (TPSA) is 95.4 Å². The molecular formula is C32H31N3O6. The maximum absolute atomic E-state index is 13.4. The smallest absolute Gasteiger partial charge is 0.225 e. The molecule has 9 nitrogen and oxygen atoms in total. The molecule has 7 rings (SSSR count). The second-order valence-electron chi connectivity index (χ2n) is 10.4. The highest BCUT2D eigenvalue weighted by Crippen LogP contribution is 2.70. The van der Waals surface area contributed by atoms with Crippen LogP contribution in [0.1, 0.15) is 33.9 Å². The van der Waals surface area contributed by atoms with Crippen molar-refractivity contribution in [1.29, 1.82) is 0 Å². The van der Waals surface area contributed by atoms with Crippen LogP contribution in [0.5, 0.6) is 23.0 Å². The van der Waals surface area contributed by atoms with E-state index in [0.717, 1.165) is 16.7 Å². The second-order valence-corrected chi connectivity index (χ2v) is 10.4. The van der Waals surface area contributed by atoms with Gasteiger partial charge in [-0.1, -0.05) is 42.5 Å². The van der Waals surface area contributed by atoms with Gasteiger partial charge in [0.05, 0.1) is 51.7 Å². The van der Waals surface area contributed by atoms with Crippen LogP contribution in [0.4, 0.5) is 5.95 Å². The Morgan fingerprint density at radius 2 is 1.63 bits per heavy atom. The molecular weight excluding hydrogens is 522 g/mol. The number of aromatic nitrogens is 2. The van der Waals surface area contributed by atoms with Crippen molar-refractivity contribution in [2.45, 2.75) is 17.1 Å². The minimum absolute atomic E-state index is 0.448. The Morgan fingerprint density at radius 1 is 0.902 bits per heavy atom. The number of fused-ring (bicyclic) bond motifs is 5. The zero-order valence-corrected chi connectivity index (χ0v) is 23.2. The van der Waals surface area contributed by atoms with Gasteiger partial charge >= 0.3 is 0 Å². The number of hydrogen-bond acceptors (Lipinski definition) is 9. The fourth-order valence-electron chi connectivity index (χ4n) is 6.63. The normalized spacial score (nSPS) is 24.2. The lowest BCUT2D eigenvalue weighted by molar-refractivity contribution is -0.0909. The quantitative estimate of drug-likeness (QED) is 0.380. The summed E-state index contributed by atoms with van der Waals surface area (Å²) in [6.07, 6.45) is 1.84. The molecule has 3 aliphatic rings. The third-order valence-electron chi connectivity index (χ3n) is 8.48. The first-order chi connectivity index (χ1) is 20.0.